The first-order valence-corrected chi connectivity index (χ1v) is 5.12. The minimum atomic E-state index is -0.835. The van der Waals surface area contributed by atoms with Gasteiger partial charge in [0, 0.05) is 6.42 Å². The third kappa shape index (κ3) is 4.38. The van der Waals surface area contributed by atoms with Crippen LogP contribution in [0.4, 0.5) is 0 Å². The van der Waals surface area contributed by atoms with Gasteiger partial charge in [-0.3, -0.25) is 10.1 Å². The van der Waals surface area contributed by atoms with Gasteiger partial charge in [-0.1, -0.05) is 36.4 Å². The standard InChI is InChI=1S/C13H16O3/c1-13(2,16-15)10-12(14)9-8-11-6-4-3-5-7-11/h3-9,15H,10H2,1-2H3. The van der Waals surface area contributed by atoms with E-state index in [0.29, 0.717) is 0 Å². The van der Waals surface area contributed by atoms with Gasteiger partial charge in [0.05, 0.1) is 0 Å². The van der Waals surface area contributed by atoms with Crippen molar-refractivity contribution in [3.8, 4) is 0 Å². The Hall–Kier alpha value is -1.45. The van der Waals surface area contributed by atoms with E-state index < -0.39 is 5.60 Å². The molecule has 3 heteroatoms. The Labute approximate surface area is 95.3 Å². The van der Waals surface area contributed by atoms with Crippen LogP contribution in [0.3, 0.4) is 0 Å². The van der Waals surface area contributed by atoms with Crippen molar-refractivity contribution in [1.29, 1.82) is 0 Å². The van der Waals surface area contributed by atoms with Crippen LogP contribution in [-0.4, -0.2) is 16.6 Å². The van der Waals surface area contributed by atoms with Crippen LogP contribution < -0.4 is 0 Å². The van der Waals surface area contributed by atoms with Crippen molar-refractivity contribution in [2.75, 3.05) is 0 Å². The van der Waals surface area contributed by atoms with Crippen molar-refractivity contribution >= 4 is 11.9 Å². The summed E-state index contributed by atoms with van der Waals surface area (Å²) in [5.41, 5.74) is 0.136. The third-order valence-corrected chi connectivity index (χ3v) is 2.11. The van der Waals surface area contributed by atoms with E-state index >= 15 is 0 Å². The van der Waals surface area contributed by atoms with Gasteiger partial charge in [-0.25, -0.2) is 4.89 Å². The summed E-state index contributed by atoms with van der Waals surface area (Å²) in [5.74, 6) is -0.0806. The lowest BCUT2D eigenvalue weighted by molar-refractivity contribution is -0.311. The van der Waals surface area contributed by atoms with Crippen LogP contribution in [0.2, 0.25) is 0 Å². The largest absolute Gasteiger partial charge is 0.295 e. The summed E-state index contributed by atoms with van der Waals surface area (Å²) in [6.45, 7) is 3.31. The van der Waals surface area contributed by atoms with Crippen LogP contribution in [0.15, 0.2) is 36.4 Å². The molecule has 16 heavy (non-hydrogen) atoms. The summed E-state index contributed by atoms with van der Waals surface area (Å²) in [4.78, 5) is 15.7. The van der Waals surface area contributed by atoms with E-state index in [1.165, 1.54) is 6.08 Å². The van der Waals surface area contributed by atoms with Gasteiger partial charge < -0.3 is 0 Å². The SMILES string of the molecule is CC(C)(CC(=O)C=Cc1ccccc1)OO. The summed E-state index contributed by atoms with van der Waals surface area (Å²) >= 11 is 0. The predicted octanol–water partition coefficient (Wildman–Crippen LogP) is 2.93. The summed E-state index contributed by atoms with van der Waals surface area (Å²) in [6.07, 6.45) is 3.39. The van der Waals surface area contributed by atoms with Crippen molar-refractivity contribution in [1.82, 2.24) is 0 Å². The highest BCUT2D eigenvalue weighted by Gasteiger charge is 2.21. The number of ketones is 1. The number of rotatable bonds is 5. The molecule has 0 heterocycles. The predicted molar refractivity (Wildman–Crippen MR) is 62.9 cm³/mol. The fourth-order valence-electron chi connectivity index (χ4n) is 1.26. The molecule has 0 spiro atoms. The Morgan fingerprint density at radius 1 is 1.38 bits per heavy atom. The zero-order chi connectivity index (χ0) is 12.0. The van der Waals surface area contributed by atoms with Crippen molar-refractivity contribution < 1.29 is 14.9 Å². The lowest BCUT2D eigenvalue weighted by atomic mass is 10.0. The van der Waals surface area contributed by atoms with Crippen LogP contribution in [0.1, 0.15) is 25.8 Å². The fraction of sp³-hybridized carbons (Fsp3) is 0.308. The maximum Gasteiger partial charge on any atom is 0.158 e. The maximum atomic E-state index is 11.5. The van der Waals surface area contributed by atoms with Gasteiger partial charge in [-0.2, -0.15) is 0 Å². The quantitative estimate of drug-likeness (QED) is 0.471. The molecule has 0 aromatic heterocycles. The maximum absolute atomic E-state index is 11.5. The molecule has 3 nitrogen and oxygen atoms in total. The number of hydrogen-bond donors (Lipinski definition) is 1. The molecule has 0 fully saturated rings. The van der Waals surface area contributed by atoms with E-state index in [4.69, 9.17) is 5.26 Å². The Kier molecular flexibility index (Phi) is 4.40. The lowest BCUT2D eigenvalue weighted by Crippen LogP contribution is -2.25. The van der Waals surface area contributed by atoms with Crippen molar-refractivity contribution in [3.05, 3.63) is 42.0 Å². The minimum Gasteiger partial charge on any atom is -0.295 e. The van der Waals surface area contributed by atoms with Gasteiger partial charge in [0.2, 0.25) is 0 Å². The normalized spacial score (nSPS) is 11.9. The number of carbonyl (C=O) groups is 1. The molecule has 86 valence electrons. The van der Waals surface area contributed by atoms with Crippen LogP contribution in [-0.2, 0) is 9.68 Å². The molecule has 1 N–H and O–H groups in total. The zero-order valence-corrected chi connectivity index (χ0v) is 9.51. The number of carbonyl (C=O) groups excluding carboxylic acids is 1. The Morgan fingerprint density at radius 3 is 2.56 bits per heavy atom. The number of hydrogen-bond acceptors (Lipinski definition) is 3. The van der Waals surface area contributed by atoms with E-state index in [1.54, 1.807) is 19.9 Å². The van der Waals surface area contributed by atoms with Gasteiger partial charge >= 0.3 is 0 Å². The second-order valence-electron chi connectivity index (χ2n) is 4.24. The lowest BCUT2D eigenvalue weighted by Gasteiger charge is -2.17. The first kappa shape index (κ1) is 12.6. The van der Waals surface area contributed by atoms with E-state index in [9.17, 15) is 4.79 Å². The van der Waals surface area contributed by atoms with E-state index in [0.717, 1.165) is 5.56 Å². The van der Waals surface area contributed by atoms with Crippen LogP contribution in [0.25, 0.3) is 6.08 Å². The monoisotopic (exact) mass is 220 g/mol. The van der Waals surface area contributed by atoms with Crippen LogP contribution in [0, 0.1) is 0 Å². The van der Waals surface area contributed by atoms with Crippen molar-refractivity contribution in [2.45, 2.75) is 25.9 Å². The first-order valence-electron chi connectivity index (χ1n) is 5.12. The summed E-state index contributed by atoms with van der Waals surface area (Å²) < 4.78 is 0. The molecule has 0 unspecified atom stereocenters. The Morgan fingerprint density at radius 2 is 2.00 bits per heavy atom. The summed E-state index contributed by atoms with van der Waals surface area (Å²) in [5, 5.41) is 8.55. The molecule has 0 amide bonds. The highest BCUT2D eigenvalue weighted by Crippen LogP contribution is 2.13. The summed E-state index contributed by atoms with van der Waals surface area (Å²) in [6, 6.07) is 9.56. The molecule has 1 aromatic rings. The van der Waals surface area contributed by atoms with Gasteiger partial charge in [-0.15, -0.1) is 0 Å². The van der Waals surface area contributed by atoms with E-state index in [-0.39, 0.29) is 12.2 Å². The Balaban J connectivity index is 2.56. The highest BCUT2D eigenvalue weighted by atomic mass is 17.1. The van der Waals surface area contributed by atoms with Gasteiger partial charge in [0.25, 0.3) is 0 Å². The minimum absolute atomic E-state index is 0.0806. The molecule has 0 bridgehead atoms. The molecular weight excluding hydrogens is 204 g/mol. The molecule has 0 aliphatic heterocycles. The molecule has 0 aliphatic rings. The molecule has 0 aliphatic carbocycles. The van der Waals surface area contributed by atoms with Crippen LogP contribution >= 0.6 is 0 Å². The molecule has 0 saturated heterocycles. The van der Waals surface area contributed by atoms with Gasteiger partial charge in [0.15, 0.2) is 5.78 Å². The second kappa shape index (κ2) is 5.58. The van der Waals surface area contributed by atoms with Crippen molar-refractivity contribution in [2.24, 2.45) is 0 Å². The molecule has 0 saturated carbocycles. The number of allylic oxidation sites excluding steroid dienone is 1. The zero-order valence-electron chi connectivity index (χ0n) is 9.51. The highest BCUT2D eigenvalue weighted by molar-refractivity contribution is 5.94. The van der Waals surface area contributed by atoms with Crippen LogP contribution in [0.5, 0.6) is 0 Å². The average Bonchev–Trinajstić information content (AvgIpc) is 2.27. The second-order valence-corrected chi connectivity index (χ2v) is 4.24. The van der Waals surface area contributed by atoms with E-state index in [1.807, 2.05) is 30.3 Å². The van der Waals surface area contributed by atoms with Crippen molar-refractivity contribution in [3.63, 3.8) is 0 Å². The van der Waals surface area contributed by atoms with Gasteiger partial charge in [-0.05, 0) is 25.5 Å². The van der Waals surface area contributed by atoms with E-state index in [2.05, 4.69) is 4.89 Å². The average molecular weight is 220 g/mol. The third-order valence-electron chi connectivity index (χ3n) is 2.11. The smallest absolute Gasteiger partial charge is 0.158 e. The molecule has 1 aromatic carbocycles. The topological polar surface area (TPSA) is 46.5 Å². The fourth-order valence-corrected chi connectivity index (χ4v) is 1.26. The van der Waals surface area contributed by atoms with Gasteiger partial charge in [0.1, 0.15) is 5.60 Å². The summed E-state index contributed by atoms with van der Waals surface area (Å²) in [7, 11) is 0. The molecular formula is C13H16O3. The Bertz CT molecular complexity index is 366. The number of benzene rings is 1. The molecule has 1 rings (SSSR count). The molecule has 0 radical (unpaired) electrons. The first-order chi connectivity index (χ1) is 7.53. The molecule has 0 atom stereocenters.